The minimum Gasteiger partial charge on any atom is -0.326 e. The van der Waals surface area contributed by atoms with Crippen molar-refractivity contribution in [3.05, 3.63) is 59.2 Å². The van der Waals surface area contributed by atoms with Crippen LogP contribution in [0.3, 0.4) is 0 Å². The van der Waals surface area contributed by atoms with Gasteiger partial charge in [-0.05, 0) is 55.0 Å². The molecule has 1 heterocycles. The van der Waals surface area contributed by atoms with Gasteiger partial charge in [-0.1, -0.05) is 30.3 Å². The second-order valence-corrected chi connectivity index (χ2v) is 8.66. The van der Waals surface area contributed by atoms with Crippen molar-refractivity contribution >= 4 is 27.3 Å². The summed E-state index contributed by atoms with van der Waals surface area (Å²) in [4.78, 5) is 12.2. The molecular weight excluding hydrogens is 348 g/mol. The molecule has 2 aromatic carbocycles. The molecule has 1 aliphatic rings. The van der Waals surface area contributed by atoms with Gasteiger partial charge in [-0.3, -0.25) is 9.10 Å². The number of aryl methyl sites for hydroxylation is 2. The number of amides is 1. The number of nitrogens with one attached hydrogen (secondary N) is 1. The number of carbonyl (C=O) groups excluding carboxylic acids is 1. The molecule has 1 amide bonds. The van der Waals surface area contributed by atoms with Gasteiger partial charge in [0.25, 0.3) is 0 Å². The fourth-order valence-electron chi connectivity index (χ4n) is 3.33. The van der Waals surface area contributed by atoms with Gasteiger partial charge < -0.3 is 5.32 Å². The van der Waals surface area contributed by atoms with Gasteiger partial charge in [-0.15, -0.1) is 0 Å². The molecule has 0 unspecified atom stereocenters. The topological polar surface area (TPSA) is 66.5 Å². The van der Waals surface area contributed by atoms with Crippen LogP contribution in [0.25, 0.3) is 0 Å². The molecule has 0 fully saturated rings. The Labute approximate surface area is 155 Å². The van der Waals surface area contributed by atoms with Crippen LogP contribution < -0.4 is 9.62 Å². The zero-order chi connectivity index (χ0) is 18.7. The summed E-state index contributed by atoms with van der Waals surface area (Å²) < 4.78 is 25.1. The Balaban J connectivity index is 1.59. The number of benzene rings is 2. The predicted molar refractivity (Wildman–Crippen MR) is 105 cm³/mol. The van der Waals surface area contributed by atoms with Crippen LogP contribution in [0.4, 0.5) is 11.4 Å². The summed E-state index contributed by atoms with van der Waals surface area (Å²) in [6.07, 6.45) is 3.98. The van der Waals surface area contributed by atoms with Crippen molar-refractivity contribution < 1.29 is 13.2 Å². The second kappa shape index (κ2) is 7.50. The summed E-state index contributed by atoms with van der Waals surface area (Å²) in [5.41, 5.74) is 4.81. The Bertz CT molecular complexity index is 922. The smallest absolute Gasteiger partial charge is 0.232 e. The lowest BCUT2D eigenvalue weighted by atomic mass is 10.0. The number of rotatable bonds is 6. The normalized spacial score (nSPS) is 13.5. The third-order valence-electron chi connectivity index (χ3n) is 4.73. The maximum absolute atomic E-state index is 12.2. The number of hydrogen-bond acceptors (Lipinski definition) is 3. The molecule has 1 N–H and O–H groups in total. The van der Waals surface area contributed by atoms with E-state index in [0.29, 0.717) is 30.8 Å². The van der Waals surface area contributed by atoms with Crippen molar-refractivity contribution in [3.8, 4) is 0 Å². The zero-order valence-corrected chi connectivity index (χ0v) is 16.0. The molecule has 0 saturated carbocycles. The molecule has 0 saturated heterocycles. The van der Waals surface area contributed by atoms with Gasteiger partial charge in [-0.25, -0.2) is 8.42 Å². The third kappa shape index (κ3) is 4.25. The first-order chi connectivity index (χ1) is 12.3. The van der Waals surface area contributed by atoms with E-state index in [0.717, 1.165) is 18.4 Å². The molecule has 138 valence electrons. The summed E-state index contributed by atoms with van der Waals surface area (Å²) in [6.45, 7) is 2.54. The standard InChI is InChI=1S/C20H24N2O3S/c1-15-6-3-4-7-16(15)8-5-9-20(23)21-18-11-10-17-12-13-22(19(17)14-18)26(2,24)25/h3-4,6-7,10-11,14H,5,8-9,12-13H2,1-2H3,(H,21,23). The lowest BCUT2D eigenvalue weighted by molar-refractivity contribution is -0.116. The summed E-state index contributed by atoms with van der Waals surface area (Å²) in [5, 5.41) is 2.88. The van der Waals surface area contributed by atoms with Crippen LogP contribution in [0.5, 0.6) is 0 Å². The van der Waals surface area contributed by atoms with Crippen LogP contribution in [0, 0.1) is 6.92 Å². The molecule has 1 aliphatic heterocycles. The van der Waals surface area contributed by atoms with E-state index in [-0.39, 0.29) is 5.91 Å². The van der Waals surface area contributed by atoms with Gasteiger partial charge in [0, 0.05) is 18.7 Å². The van der Waals surface area contributed by atoms with Gasteiger partial charge in [0.2, 0.25) is 15.9 Å². The van der Waals surface area contributed by atoms with Crippen molar-refractivity contribution in [1.82, 2.24) is 0 Å². The average Bonchev–Trinajstić information content (AvgIpc) is 3.00. The highest BCUT2D eigenvalue weighted by Crippen LogP contribution is 2.32. The van der Waals surface area contributed by atoms with Gasteiger partial charge >= 0.3 is 0 Å². The molecule has 26 heavy (non-hydrogen) atoms. The molecule has 0 bridgehead atoms. The van der Waals surface area contributed by atoms with Crippen molar-refractivity contribution in [3.63, 3.8) is 0 Å². The first-order valence-corrected chi connectivity index (χ1v) is 10.6. The zero-order valence-electron chi connectivity index (χ0n) is 15.2. The molecule has 6 heteroatoms. The van der Waals surface area contributed by atoms with E-state index in [9.17, 15) is 13.2 Å². The number of nitrogens with zero attached hydrogens (tertiary/aromatic N) is 1. The highest BCUT2D eigenvalue weighted by Gasteiger charge is 2.26. The fraction of sp³-hybridized carbons (Fsp3) is 0.350. The Morgan fingerprint density at radius 1 is 1.19 bits per heavy atom. The van der Waals surface area contributed by atoms with Crippen LogP contribution >= 0.6 is 0 Å². The van der Waals surface area contributed by atoms with E-state index < -0.39 is 10.0 Å². The first kappa shape index (κ1) is 18.5. The Kier molecular flexibility index (Phi) is 5.32. The molecular formula is C20H24N2O3S. The number of anilines is 2. The molecule has 0 spiro atoms. The molecule has 0 aromatic heterocycles. The maximum atomic E-state index is 12.2. The SMILES string of the molecule is Cc1ccccc1CCCC(=O)Nc1ccc2c(c1)N(S(C)(=O)=O)CC2. The summed E-state index contributed by atoms with van der Waals surface area (Å²) in [6, 6.07) is 13.7. The first-order valence-electron chi connectivity index (χ1n) is 8.79. The second-order valence-electron chi connectivity index (χ2n) is 6.76. The number of carbonyl (C=O) groups is 1. The summed E-state index contributed by atoms with van der Waals surface area (Å²) in [7, 11) is -3.29. The predicted octanol–water partition coefficient (Wildman–Crippen LogP) is 3.28. The molecule has 5 nitrogen and oxygen atoms in total. The quantitative estimate of drug-likeness (QED) is 0.846. The highest BCUT2D eigenvalue weighted by atomic mass is 32.2. The van der Waals surface area contributed by atoms with E-state index in [1.807, 2.05) is 24.3 Å². The van der Waals surface area contributed by atoms with Crippen LogP contribution in [0.15, 0.2) is 42.5 Å². The van der Waals surface area contributed by atoms with Gasteiger partial charge in [0.15, 0.2) is 0 Å². The number of sulfonamides is 1. The largest absolute Gasteiger partial charge is 0.326 e. The number of hydrogen-bond donors (Lipinski definition) is 1. The summed E-state index contributed by atoms with van der Waals surface area (Å²) >= 11 is 0. The van der Waals surface area contributed by atoms with Crippen LogP contribution in [0.1, 0.15) is 29.5 Å². The fourth-order valence-corrected chi connectivity index (χ4v) is 4.28. The molecule has 0 radical (unpaired) electrons. The van der Waals surface area contributed by atoms with E-state index in [4.69, 9.17) is 0 Å². The van der Waals surface area contributed by atoms with Gasteiger partial charge in [0.05, 0.1) is 11.9 Å². The summed E-state index contributed by atoms with van der Waals surface area (Å²) in [5.74, 6) is -0.0533. The maximum Gasteiger partial charge on any atom is 0.232 e. The van der Waals surface area contributed by atoms with Gasteiger partial charge in [0.1, 0.15) is 0 Å². The Morgan fingerprint density at radius 2 is 1.96 bits per heavy atom. The van der Waals surface area contributed by atoms with E-state index in [1.54, 1.807) is 6.07 Å². The minimum atomic E-state index is -3.29. The van der Waals surface area contributed by atoms with Crippen molar-refractivity contribution in [2.24, 2.45) is 0 Å². The minimum absolute atomic E-state index is 0.0533. The lowest BCUT2D eigenvalue weighted by Gasteiger charge is -2.17. The average molecular weight is 372 g/mol. The van der Waals surface area contributed by atoms with Crippen LogP contribution in [-0.4, -0.2) is 27.1 Å². The number of fused-ring (bicyclic) bond motifs is 1. The van der Waals surface area contributed by atoms with Crippen molar-refractivity contribution in [2.75, 3.05) is 22.4 Å². The molecule has 0 aliphatic carbocycles. The molecule has 2 aromatic rings. The Morgan fingerprint density at radius 3 is 2.69 bits per heavy atom. The Hall–Kier alpha value is -2.34. The van der Waals surface area contributed by atoms with E-state index in [1.165, 1.54) is 21.7 Å². The lowest BCUT2D eigenvalue weighted by Crippen LogP contribution is -2.27. The monoisotopic (exact) mass is 372 g/mol. The van der Waals surface area contributed by atoms with Crippen LogP contribution in [0.2, 0.25) is 0 Å². The van der Waals surface area contributed by atoms with Crippen LogP contribution in [-0.2, 0) is 27.7 Å². The van der Waals surface area contributed by atoms with E-state index in [2.05, 4.69) is 24.4 Å². The van der Waals surface area contributed by atoms with Crippen molar-refractivity contribution in [2.45, 2.75) is 32.6 Å². The van der Waals surface area contributed by atoms with Gasteiger partial charge in [-0.2, -0.15) is 0 Å². The highest BCUT2D eigenvalue weighted by molar-refractivity contribution is 7.92. The third-order valence-corrected chi connectivity index (χ3v) is 5.91. The molecule has 0 atom stereocenters. The van der Waals surface area contributed by atoms with Crippen molar-refractivity contribution in [1.29, 1.82) is 0 Å². The van der Waals surface area contributed by atoms with E-state index >= 15 is 0 Å². The molecule has 3 rings (SSSR count).